The predicted octanol–water partition coefficient (Wildman–Crippen LogP) is 2.35. The summed E-state index contributed by atoms with van der Waals surface area (Å²) >= 11 is 0. The van der Waals surface area contributed by atoms with E-state index in [0.717, 1.165) is 11.3 Å². The molecule has 0 amide bonds. The molecule has 112 valence electrons. The summed E-state index contributed by atoms with van der Waals surface area (Å²) in [6.07, 6.45) is 3.38. The van der Waals surface area contributed by atoms with Crippen molar-refractivity contribution in [2.24, 2.45) is 0 Å². The lowest BCUT2D eigenvalue weighted by molar-refractivity contribution is 0.784. The van der Waals surface area contributed by atoms with Crippen molar-refractivity contribution in [3.8, 4) is 11.5 Å². The second kappa shape index (κ2) is 5.49. The number of benzene rings is 1. The minimum absolute atomic E-state index is 0.180. The molecule has 4 aromatic rings. The van der Waals surface area contributed by atoms with Crippen molar-refractivity contribution in [3.05, 3.63) is 72.1 Å². The van der Waals surface area contributed by atoms with Gasteiger partial charge in [-0.05, 0) is 17.7 Å². The van der Waals surface area contributed by atoms with Crippen LogP contribution in [0.1, 0.15) is 5.56 Å². The lowest BCUT2D eigenvalue weighted by Crippen LogP contribution is -2.13. The van der Waals surface area contributed by atoms with Gasteiger partial charge in [-0.25, -0.2) is 9.97 Å². The molecule has 23 heavy (non-hydrogen) atoms. The molecule has 0 unspecified atom stereocenters. The van der Waals surface area contributed by atoms with Gasteiger partial charge in [-0.15, -0.1) is 0 Å². The molecule has 6 nitrogen and oxygen atoms in total. The quantitative estimate of drug-likeness (QED) is 0.609. The Morgan fingerprint density at radius 1 is 1.00 bits per heavy atom. The Balaban J connectivity index is 1.85. The smallest absolute Gasteiger partial charge is 0.173 e. The zero-order valence-electron chi connectivity index (χ0n) is 12.3. The minimum Gasteiger partial charge on any atom is -0.332 e. The molecule has 0 fully saturated rings. The third kappa shape index (κ3) is 2.50. The molecule has 0 saturated heterocycles. The summed E-state index contributed by atoms with van der Waals surface area (Å²) in [5.74, 6) is 0.643. The van der Waals surface area contributed by atoms with E-state index in [1.54, 1.807) is 12.5 Å². The summed E-state index contributed by atoms with van der Waals surface area (Å²) in [6.45, 7) is 0.650. The van der Waals surface area contributed by atoms with E-state index in [-0.39, 0.29) is 5.49 Å². The second-order valence-corrected chi connectivity index (χ2v) is 5.21. The summed E-state index contributed by atoms with van der Waals surface area (Å²) < 4.78 is 1.94. The molecule has 1 aromatic carbocycles. The number of H-pyrrole nitrogens is 1. The van der Waals surface area contributed by atoms with Gasteiger partial charge >= 0.3 is 0 Å². The van der Waals surface area contributed by atoms with E-state index in [1.165, 1.54) is 0 Å². The molecule has 0 radical (unpaired) electrons. The summed E-state index contributed by atoms with van der Waals surface area (Å²) in [6, 6.07) is 15.8. The van der Waals surface area contributed by atoms with Gasteiger partial charge in [0, 0.05) is 6.20 Å². The number of imidazole rings is 1. The standard InChI is InChI=1S/C17H14N6/c18-15-14-17(22-16(21-14)13-8-4-5-9-19-13)23(11-20-15)10-12-6-2-1-3-7-12/h1-9,11,18H,10H2,(H,21,22). The Morgan fingerprint density at radius 3 is 2.61 bits per heavy atom. The molecular formula is C17H14N6. The van der Waals surface area contributed by atoms with Crippen molar-refractivity contribution >= 4 is 11.2 Å². The number of pyridine rings is 1. The van der Waals surface area contributed by atoms with E-state index in [2.05, 4.69) is 32.1 Å². The fraction of sp³-hybridized carbons (Fsp3) is 0.0588. The molecule has 6 heteroatoms. The fourth-order valence-electron chi connectivity index (χ4n) is 2.50. The molecular weight excluding hydrogens is 288 g/mol. The van der Waals surface area contributed by atoms with Gasteiger partial charge < -0.3 is 9.55 Å². The van der Waals surface area contributed by atoms with Gasteiger partial charge in [0.25, 0.3) is 0 Å². The average molecular weight is 302 g/mol. The number of fused-ring (bicyclic) bond motifs is 1. The molecule has 4 rings (SSSR count). The molecule has 0 bridgehead atoms. The monoisotopic (exact) mass is 302 g/mol. The first-order valence-corrected chi connectivity index (χ1v) is 7.26. The predicted molar refractivity (Wildman–Crippen MR) is 86.5 cm³/mol. The second-order valence-electron chi connectivity index (χ2n) is 5.21. The normalized spacial score (nSPS) is 11.0. The van der Waals surface area contributed by atoms with Gasteiger partial charge in [-0.1, -0.05) is 36.4 Å². The Kier molecular flexibility index (Phi) is 3.20. The highest BCUT2D eigenvalue weighted by Crippen LogP contribution is 2.16. The highest BCUT2D eigenvalue weighted by atomic mass is 15.1. The van der Waals surface area contributed by atoms with Gasteiger partial charge in [0.1, 0.15) is 11.2 Å². The van der Waals surface area contributed by atoms with Crippen molar-refractivity contribution < 1.29 is 0 Å². The Labute approximate surface area is 132 Å². The van der Waals surface area contributed by atoms with Crippen molar-refractivity contribution in [2.75, 3.05) is 0 Å². The molecule has 0 spiro atoms. The third-order valence-corrected chi connectivity index (χ3v) is 3.62. The third-order valence-electron chi connectivity index (χ3n) is 3.62. The number of hydrogen-bond acceptors (Lipinski definition) is 4. The van der Waals surface area contributed by atoms with Gasteiger partial charge in [0.15, 0.2) is 17.0 Å². The molecule has 0 saturated carbocycles. The van der Waals surface area contributed by atoms with E-state index in [4.69, 9.17) is 5.41 Å². The summed E-state index contributed by atoms with van der Waals surface area (Å²) in [7, 11) is 0. The number of rotatable bonds is 3. The van der Waals surface area contributed by atoms with Crippen LogP contribution in [-0.4, -0.2) is 24.5 Å². The molecule has 0 aliphatic heterocycles. The average Bonchev–Trinajstić information content (AvgIpc) is 3.06. The Hall–Kier alpha value is -3.28. The lowest BCUT2D eigenvalue weighted by Gasteiger charge is -2.06. The van der Waals surface area contributed by atoms with Crippen LogP contribution in [0.15, 0.2) is 61.1 Å². The molecule has 0 atom stereocenters. The highest BCUT2D eigenvalue weighted by molar-refractivity contribution is 5.74. The van der Waals surface area contributed by atoms with E-state index in [1.807, 2.05) is 41.0 Å². The fourth-order valence-corrected chi connectivity index (χ4v) is 2.50. The maximum absolute atomic E-state index is 8.00. The Bertz CT molecular complexity index is 1000. The number of nitrogens with one attached hydrogen (secondary N) is 2. The Morgan fingerprint density at radius 2 is 1.83 bits per heavy atom. The van der Waals surface area contributed by atoms with Crippen LogP contribution in [0.4, 0.5) is 0 Å². The van der Waals surface area contributed by atoms with Crippen molar-refractivity contribution in [3.63, 3.8) is 0 Å². The van der Waals surface area contributed by atoms with Gasteiger partial charge in [0.05, 0.1) is 12.9 Å². The lowest BCUT2D eigenvalue weighted by atomic mass is 10.2. The molecule has 3 aromatic heterocycles. The molecule has 0 aliphatic rings. The van der Waals surface area contributed by atoms with Crippen LogP contribution in [0.2, 0.25) is 0 Å². The maximum atomic E-state index is 8.00. The van der Waals surface area contributed by atoms with Gasteiger partial charge in [-0.3, -0.25) is 10.4 Å². The van der Waals surface area contributed by atoms with Gasteiger partial charge in [0.2, 0.25) is 0 Å². The van der Waals surface area contributed by atoms with Crippen LogP contribution in [0.25, 0.3) is 22.7 Å². The number of hydrogen-bond donors (Lipinski definition) is 2. The minimum atomic E-state index is 0.180. The van der Waals surface area contributed by atoms with Crippen LogP contribution in [0, 0.1) is 5.41 Å². The van der Waals surface area contributed by atoms with Crippen LogP contribution >= 0.6 is 0 Å². The van der Waals surface area contributed by atoms with Crippen molar-refractivity contribution in [1.29, 1.82) is 5.41 Å². The van der Waals surface area contributed by atoms with Crippen LogP contribution < -0.4 is 5.49 Å². The number of aromatic amines is 1. The molecule has 0 aliphatic carbocycles. The van der Waals surface area contributed by atoms with E-state index < -0.39 is 0 Å². The van der Waals surface area contributed by atoms with Gasteiger partial charge in [-0.2, -0.15) is 0 Å². The summed E-state index contributed by atoms with van der Waals surface area (Å²) in [4.78, 5) is 16.2. The first kappa shape index (κ1) is 13.4. The van der Waals surface area contributed by atoms with Crippen LogP contribution in [0.5, 0.6) is 0 Å². The van der Waals surface area contributed by atoms with Crippen LogP contribution in [0.3, 0.4) is 0 Å². The number of nitrogens with zero attached hydrogens (tertiary/aromatic N) is 4. The first-order valence-electron chi connectivity index (χ1n) is 7.26. The zero-order chi connectivity index (χ0) is 15.6. The number of aromatic nitrogens is 5. The summed E-state index contributed by atoms with van der Waals surface area (Å²) in [5, 5.41) is 8.00. The van der Waals surface area contributed by atoms with E-state index in [9.17, 15) is 0 Å². The van der Waals surface area contributed by atoms with Crippen molar-refractivity contribution in [1.82, 2.24) is 24.5 Å². The largest absolute Gasteiger partial charge is 0.332 e. The molecule has 3 heterocycles. The SMILES string of the molecule is N=c1ncn(Cc2ccccc2)c2nc(-c3ccccn3)[nH]c12. The van der Waals surface area contributed by atoms with E-state index >= 15 is 0 Å². The summed E-state index contributed by atoms with van der Waals surface area (Å²) in [5.41, 5.74) is 3.40. The van der Waals surface area contributed by atoms with Crippen LogP contribution in [-0.2, 0) is 6.54 Å². The zero-order valence-corrected chi connectivity index (χ0v) is 12.3. The topological polar surface area (TPSA) is 83.2 Å². The van der Waals surface area contributed by atoms with Crippen molar-refractivity contribution in [2.45, 2.75) is 6.54 Å². The highest BCUT2D eigenvalue weighted by Gasteiger charge is 2.11. The van der Waals surface area contributed by atoms with E-state index in [0.29, 0.717) is 23.5 Å². The first-order chi connectivity index (χ1) is 11.3. The molecule has 2 N–H and O–H groups in total. The maximum Gasteiger partial charge on any atom is 0.173 e.